The number of nitriles is 1. The number of thiazole rings is 1. The summed E-state index contributed by atoms with van der Waals surface area (Å²) in [6, 6.07) is 16.6. The molecule has 16 heteroatoms. The lowest BCUT2D eigenvalue weighted by molar-refractivity contribution is -0.164. The van der Waals surface area contributed by atoms with Crippen molar-refractivity contribution in [2.45, 2.75) is 131 Å². The molecule has 0 bridgehead atoms. The van der Waals surface area contributed by atoms with Gasteiger partial charge in [-0.1, -0.05) is 91.1 Å². The van der Waals surface area contributed by atoms with Crippen LogP contribution in [0.25, 0.3) is 10.4 Å². The van der Waals surface area contributed by atoms with Gasteiger partial charge in [0.2, 0.25) is 17.7 Å². The molecule has 358 valence electrons. The number of aromatic nitrogens is 2. The second-order valence-corrected chi connectivity index (χ2v) is 21.3. The smallest absolute Gasteiger partial charge is 0.251 e. The number of ether oxygens (including phenoxy) is 2. The highest BCUT2D eigenvalue weighted by Gasteiger charge is 2.64. The van der Waals surface area contributed by atoms with E-state index in [0.717, 1.165) is 53.8 Å². The fourth-order valence-corrected chi connectivity index (χ4v) is 10.6. The van der Waals surface area contributed by atoms with E-state index in [-0.39, 0.29) is 55.0 Å². The van der Waals surface area contributed by atoms with Crippen LogP contribution in [0.15, 0.2) is 66.3 Å². The summed E-state index contributed by atoms with van der Waals surface area (Å²) in [6.07, 6.45) is 5.23. The fraction of sp³-hybridized carbons (Fsp3) is 0.510. The van der Waals surface area contributed by atoms with Crippen LogP contribution in [-0.4, -0.2) is 93.7 Å². The number of hydrogen-bond acceptors (Lipinski definition) is 11. The lowest BCUT2D eigenvalue weighted by Crippen LogP contribution is -2.74. The van der Waals surface area contributed by atoms with E-state index in [0.29, 0.717) is 34.2 Å². The van der Waals surface area contributed by atoms with Crippen LogP contribution in [0.1, 0.15) is 113 Å². The topological polar surface area (TPSA) is 196 Å². The summed E-state index contributed by atoms with van der Waals surface area (Å²) in [5.41, 5.74) is 5.01. The van der Waals surface area contributed by atoms with Crippen molar-refractivity contribution in [3.05, 3.63) is 99.4 Å². The van der Waals surface area contributed by atoms with E-state index >= 15 is 0 Å². The molecule has 1 saturated heterocycles. The molecule has 2 fully saturated rings. The normalized spacial score (nSPS) is 20.0. The zero-order chi connectivity index (χ0) is 48.7. The third kappa shape index (κ3) is 12.4. The lowest BCUT2D eigenvalue weighted by Gasteiger charge is -2.63. The molecule has 6 rings (SSSR count). The minimum atomic E-state index is -0.949. The van der Waals surface area contributed by atoms with Crippen LogP contribution in [0, 0.1) is 34.5 Å². The molecule has 1 saturated carbocycles. The van der Waals surface area contributed by atoms with Crippen LogP contribution in [0.2, 0.25) is 5.02 Å². The molecule has 4 amide bonds. The summed E-state index contributed by atoms with van der Waals surface area (Å²) in [4.78, 5) is 65.0. The van der Waals surface area contributed by atoms with Crippen molar-refractivity contribution in [3.63, 3.8) is 0 Å². The molecule has 0 spiro atoms. The second-order valence-electron chi connectivity index (χ2n) is 20.0. The van der Waals surface area contributed by atoms with Gasteiger partial charge in [0.15, 0.2) is 0 Å². The molecule has 0 unspecified atom stereocenters. The number of nitrogens with zero attached hydrogens (tertiary/aromatic N) is 4. The number of nitrogens with one attached hydrogen (secondary N) is 3. The lowest BCUT2D eigenvalue weighted by atomic mass is 9.49. The molecule has 2 aromatic carbocycles. The highest BCUT2D eigenvalue weighted by Crippen LogP contribution is 2.55. The van der Waals surface area contributed by atoms with Crippen molar-refractivity contribution in [1.82, 2.24) is 30.8 Å². The van der Waals surface area contributed by atoms with Gasteiger partial charge < -0.3 is 35.4 Å². The van der Waals surface area contributed by atoms with Crippen molar-refractivity contribution in [1.29, 1.82) is 5.26 Å². The minimum Gasteiger partial charge on any atom is -0.489 e. The number of carbonyl (C=O) groups is 4. The predicted molar refractivity (Wildman–Crippen MR) is 258 cm³/mol. The monoisotopic (exact) mass is 953 g/mol. The van der Waals surface area contributed by atoms with E-state index in [9.17, 15) is 29.5 Å². The summed E-state index contributed by atoms with van der Waals surface area (Å²) in [5.74, 6) is -0.822. The number of aryl methyl sites for hydroxylation is 2. The van der Waals surface area contributed by atoms with Gasteiger partial charge in [-0.3, -0.25) is 24.2 Å². The quantitative estimate of drug-likeness (QED) is 0.0681. The first-order valence-corrected chi connectivity index (χ1v) is 24.2. The Kier molecular flexibility index (Phi) is 16.5. The maximum atomic E-state index is 14.0. The summed E-state index contributed by atoms with van der Waals surface area (Å²) in [7, 11) is 0. The van der Waals surface area contributed by atoms with E-state index < -0.39 is 41.3 Å². The molecule has 3 atom stereocenters. The summed E-state index contributed by atoms with van der Waals surface area (Å²) in [5, 5.41) is 29.1. The van der Waals surface area contributed by atoms with Crippen molar-refractivity contribution in [2.75, 3.05) is 19.8 Å². The fourth-order valence-electron chi connectivity index (χ4n) is 9.55. The number of amides is 4. The van der Waals surface area contributed by atoms with Crippen LogP contribution in [0.3, 0.4) is 0 Å². The van der Waals surface area contributed by atoms with Crippen molar-refractivity contribution in [3.8, 4) is 22.3 Å². The molecule has 1 aliphatic carbocycles. The highest BCUT2D eigenvalue weighted by atomic mass is 35.5. The van der Waals surface area contributed by atoms with Gasteiger partial charge in [-0.05, 0) is 67.5 Å². The zero-order valence-electron chi connectivity index (χ0n) is 39.8. The number of β-amino-alcohol motifs (C(OH)–C–C–N with tert-alkyl or cyclic N) is 1. The van der Waals surface area contributed by atoms with Crippen molar-refractivity contribution in [2.24, 2.45) is 16.2 Å². The van der Waals surface area contributed by atoms with E-state index in [1.54, 1.807) is 29.9 Å². The molecule has 2 aliphatic rings. The van der Waals surface area contributed by atoms with E-state index in [1.165, 1.54) is 16.2 Å². The SMILES string of the molecule is Cc1ncsc1-c1ccc(CNC(=O)[C@@H]2C[C@@H](O)CN2C(=O)[C@@H](NC(=O)COCCCCCCc2ccc(C(=O)NC3C(C)(C)C(Oc4ccc(C#N)c(Cl)c4)C3(C)C)cc2)C(C)(C)C)nc1. The molecule has 14 nitrogen and oxygen atoms in total. The number of benzene rings is 2. The number of rotatable bonds is 19. The largest absolute Gasteiger partial charge is 0.489 e. The van der Waals surface area contributed by atoms with Crippen LogP contribution >= 0.6 is 22.9 Å². The Bertz CT molecular complexity index is 2410. The van der Waals surface area contributed by atoms with Gasteiger partial charge in [0.1, 0.15) is 36.6 Å². The highest BCUT2D eigenvalue weighted by molar-refractivity contribution is 7.13. The van der Waals surface area contributed by atoms with Gasteiger partial charge in [0, 0.05) is 59.8 Å². The number of carbonyl (C=O) groups excluding carboxylic acids is 4. The van der Waals surface area contributed by atoms with E-state index in [4.69, 9.17) is 21.1 Å². The van der Waals surface area contributed by atoms with Crippen LogP contribution in [-0.2, 0) is 32.1 Å². The molecular formula is C51H64ClN7O7S. The van der Waals surface area contributed by atoms with Crippen LogP contribution in [0.4, 0.5) is 0 Å². The Morgan fingerprint density at radius 2 is 1.72 bits per heavy atom. The number of halogens is 1. The maximum absolute atomic E-state index is 14.0. The molecule has 67 heavy (non-hydrogen) atoms. The number of unbranched alkanes of at least 4 members (excludes halogenated alkanes) is 3. The number of pyridine rings is 1. The molecule has 0 radical (unpaired) electrons. The third-order valence-electron chi connectivity index (χ3n) is 12.9. The van der Waals surface area contributed by atoms with Crippen LogP contribution < -0.4 is 20.7 Å². The molecule has 3 heterocycles. The Hall–Kier alpha value is -5.40. The summed E-state index contributed by atoms with van der Waals surface area (Å²) >= 11 is 7.78. The van der Waals surface area contributed by atoms with Gasteiger partial charge in [-0.2, -0.15) is 5.26 Å². The Morgan fingerprint density at radius 1 is 1.00 bits per heavy atom. The Morgan fingerprint density at radius 3 is 2.34 bits per heavy atom. The van der Waals surface area contributed by atoms with Gasteiger partial charge in [0.25, 0.3) is 5.91 Å². The average Bonchev–Trinajstić information content (AvgIpc) is 3.91. The molecule has 4 aromatic rings. The van der Waals surface area contributed by atoms with Gasteiger partial charge in [-0.15, -0.1) is 11.3 Å². The standard InChI is InChI=1S/C51H64ClN7O7S/c1-31-42(67-30-56-31)35-18-20-36(54-26-35)27-55-45(63)40-23-37(60)28-59(40)46(64)43(49(2,3)4)57-41(61)29-65-22-12-10-9-11-13-32-14-16-33(17-15-32)44(62)58-47-50(5,6)48(51(47,7)8)66-38-21-19-34(25-53)39(52)24-38/h14-21,24,26,30,37,40,43,47-48,60H,9-13,22-23,27-29H2,1-8H3,(H,55,63)(H,57,61)(H,58,62)/t37-,40+,43-,47?,48?/m1/s1. The Labute approximate surface area is 403 Å². The second kappa shape index (κ2) is 21.7. The van der Waals surface area contributed by atoms with Crippen molar-refractivity contribution < 1.29 is 33.8 Å². The summed E-state index contributed by atoms with van der Waals surface area (Å²) in [6.45, 7) is 16.1. The number of hydrogen-bond donors (Lipinski definition) is 4. The first kappa shape index (κ1) is 51.0. The molecular weight excluding hydrogens is 890 g/mol. The first-order valence-electron chi connectivity index (χ1n) is 23.0. The predicted octanol–water partition coefficient (Wildman–Crippen LogP) is 7.58. The summed E-state index contributed by atoms with van der Waals surface area (Å²) < 4.78 is 12.1. The average molecular weight is 955 g/mol. The third-order valence-corrected chi connectivity index (χ3v) is 14.2. The van der Waals surface area contributed by atoms with Crippen LogP contribution in [0.5, 0.6) is 5.75 Å². The Balaban J connectivity index is 0.878. The molecule has 1 aliphatic heterocycles. The molecule has 4 N–H and O–H groups in total. The maximum Gasteiger partial charge on any atom is 0.251 e. The van der Waals surface area contributed by atoms with Gasteiger partial charge in [-0.25, -0.2) is 4.98 Å². The zero-order valence-corrected chi connectivity index (χ0v) is 41.4. The number of likely N-dealkylation sites (tertiary alicyclic amines) is 1. The first-order chi connectivity index (χ1) is 31.7. The van der Waals surface area contributed by atoms with Gasteiger partial charge >= 0.3 is 0 Å². The van der Waals surface area contributed by atoms with Gasteiger partial charge in [0.05, 0.1) is 45.0 Å². The van der Waals surface area contributed by atoms with E-state index in [2.05, 4.69) is 59.7 Å². The van der Waals surface area contributed by atoms with E-state index in [1.807, 2.05) is 64.1 Å². The molecule has 2 aromatic heterocycles. The minimum absolute atomic E-state index is 0.0184. The van der Waals surface area contributed by atoms with Crippen molar-refractivity contribution >= 4 is 46.6 Å². The number of aliphatic hydroxyl groups is 1. The number of aliphatic hydroxyl groups excluding tert-OH is 1.